The minimum absolute atomic E-state index is 0.0291. The van der Waals surface area contributed by atoms with Crippen LogP contribution in [0, 0.1) is 12.8 Å². The lowest BCUT2D eigenvalue weighted by Gasteiger charge is -2.38. The van der Waals surface area contributed by atoms with Crippen LogP contribution in [-0.4, -0.2) is 48.4 Å². The van der Waals surface area contributed by atoms with Crippen molar-refractivity contribution in [3.8, 4) is 5.75 Å². The molecule has 4 rings (SSSR count). The summed E-state index contributed by atoms with van der Waals surface area (Å²) in [6, 6.07) is 11.5. The summed E-state index contributed by atoms with van der Waals surface area (Å²) in [6.07, 6.45) is 1.27. The number of aromatic nitrogens is 2. The number of nitrogens with zero attached hydrogens (tertiary/aromatic N) is 3. The summed E-state index contributed by atoms with van der Waals surface area (Å²) in [4.78, 5) is 14.4. The van der Waals surface area contributed by atoms with Crippen LogP contribution in [-0.2, 0) is 4.79 Å². The molecule has 0 radical (unpaired) electrons. The number of nitrogens with one attached hydrogen (secondary N) is 2. The third-order valence-corrected chi connectivity index (χ3v) is 4.80. The number of hydrogen-bond acceptors (Lipinski definition) is 6. The Morgan fingerprint density at radius 1 is 1.19 bits per heavy atom. The Labute approximate surface area is 152 Å². The highest BCUT2D eigenvalue weighted by Crippen LogP contribution is 2.24. The van der Waals surface area contributed by atoms with Gasteiger partial charge in [0, 0.05) is 25.3 Å². The van der Waals surface area contributed by atoms with Crippen LogP contribution in [0.25, 0.3) is 0 Å². The average Bonchev–Trinajstić information content (AvgIpc) is 3.10. The number of benzene rings is 1. The predicted molar refractivity (Wildman–Crippen MR) is 99.4 cm³/mol. The van der Waals surface area contributed by atoms with Crippen LogP contribution in [0.2, 0.25) is 0 Å². The summed E-state index contributed by atoms with van der Waals surface area (Å²) >= 11 is 0. The topological polar surface area (TPSA) is 79.4 Å². The molecule has 0 saturated carbocycles. The highest BCUT2D eigenvalue weighted by molar-refractivity contribution is 5.94. The molecule has 2 N–H and O–H groups in total. The second-order valence-corrected chi connectivity index (χ2v) is 6.88. The van der Waals surface area contributed by atoms with E-state index in [2.05, 4.69) is 25.7 Å². The number of amides is 1. The van der Waals surface area contributed by atoms with Gasteiger partial charge in [0.25, 0.3) is 0 Å². The largest absolute Gasteiger partial charge is 0.489 e. The minimum Gasteiger partial charge on any atom is -0.489 e. The van der Waals surface area contributed by atoms with Gasteiger partial charge in [-0.05, 0) is 56.3 Å². The van der Waals surface area contributed by atoms with Gasteiger partial charge in [-0.2, -0.15) is 5.10 Å². The monoisotopic (exact) mass is 353 g/mol. The number of carbonyl (C=O) groups excluding carboxylic acids is 1. The van der Waals surface area contributed by atoms with Crippen molar-refractivity contribution in [2.75, 3.05) is 36.4 Å². The average molecular weight is 353 g/mol. The molecule has 0 aliphatic carbocycles. The van der Waals surface area contributed by atoms with Gasteiger partial charge in [-0.25, -0.2) is 0 Å². The van der Waals surface area contributed by atoms with Crippen molar-refractivity contribution in [2.24, 2.45) is 5.92 Å². The van der Waals surface area contributed by atoms with Crippen LogP contribution < -0.4 is 20.3 Å². The van der Waals surface area contributed by atoms with Crippen molar-refractivity contribution in [2.45, 2.75) is 19.4 Å². The third-order valence-electron chi connectivity index (χ3n) is 4.80. The Morgan fingerprint density at radius 3 is 2.65 bits per heavy atom. The first kappa shape index (κ1) is 16.8. The maximum absolute atomic E-state index is 12.4. The molecule has 1 amide bonds. The van der Waals surface area contributed by atoms with Crippen LogP contribution >= 0.6 is 0 Å². The molecule has 2 aliphatic heterocycles. The highest BCUT2D eigenvalue weighted by Gasteiger charge is 2.33. The van der Waals surface area contributed by atoms with E-state index < -0.39 is 0 Å². The molecule has 2 aliphatic rings. The van der Waals surface area contributed by atoms with E-state index in [1.807, 2.05) is 43.3 Å². The van der Waals surface area contributed by atoms with E-state index in [4.69, 9.17) is 4.74 Å². The van der Waals surface area contributed by atoms with Gasteiger partial charge in [-0.1, -0.05) is 0 Å². The van der Waals surface area contributed by atoms with E-state index in [1.54, 1.807) is 0 Å². The molecular formula is C19H23N5O2. The van der Waals surface area contributed by atoms with Gasteiger partial charge in [-0.15, -0.1) is 5.10 Å². The third kappa shape index (κ3) is 3.77. The number of ether oxygens (including phenoxy) is 1. The normalized spacial score (nSPS) is 19.9. The molecule has 2 saturated heterocycles. The van der Waals surface area contributed by atoms with Gasteiger partial charge in [0.15, 0.2) is 5.82 Å². The molecule has 26 heavy (non-hydrogen) atoms. The van der Waals surface area contributed by atoms with Gasteiger partial charge in [0.1, 0.15) is 11.9 Å². The predicted octanol–water partition coefficient (Wildman–Crippen LogP) is 1.60. The van der Waals surface area contributed by atoms with E-state index in [0.717, 1.165) is 42.5 Å². The summed E-state index contributed by atoms with van der Waals surface area (Å²) in [5.41, 5.74) is 1.68. The number of carbonyl (C=O) groups is 1. The van der Waals surface area contributed by atoms with Crippen molar-refractivity contribution in [1.29, 1.82) is 0 Å². The van der Waals surface area contributed by atoms with Gasteiger partial charge >= 0.3 is 0 Å². The molecule has 0 bridgehead atoms. The number of hydrogen-bond donors (Lipinski definition) is 2. The number of rotatable bonds is 5. The summed E-state index contributed by atoms with van der Waals surface area (Å²) in [7, 11) is 0. The van der Waals surface area contributed by atoms with Crippen molar-refractivity contribution < 1.29 is 9.53 Å². The van der Waals surface area contributed by atoms with Crippen LogP contribution in [0.5, 0.6) is 5.75 Å². The van der Waals surface area contributed by atoms with Crippen LogP contribution in [0.4, 0.5) is 11.5 Å². The van der Waals surface area contributed by atoms with E-state index >= 15 is 0 Å². The van der Waals surface area contributed by atoms with Crippen LogP contribution in [0.1, 0.15) is 12.1 Å². The summed E-state index contributed by atoms with van der Waals surface area (Å²) in [5.74, 6) is 1.67. The Bertz CT molecular complexity index is 751. The SMILES string of the molecule is Cc1ccc(N2CC(C(=O)Nc3ccc(O[C@@H]4CCNC4)cc3)C2)nn1. The Balaban J connectivity index is 1.26. The molecule has 1 atom stereocenters. The highest BCUT2D eigenvalue weighted by atomic mass is 16.5. The zero-order valence-corrected chi connectivity index (χ0v) is 14.8. The molecule has 0 spiro atoms. The Kier molecular flexibility index (Phi) is 4.71. The molecule has 136 valence electrons. The fourth-order valence-corrected chi connectivity index (χ4v) is 3.17. The zero-order chi connectivity index (χ0) is 17.9. The smallest absolute Gasteiger partial charge is 0.231 e. The molecule has 0 unspecified atom stereocenters. The van der Waals surface area contributed by atoms with Crippen molar-refractivity contribution in [3.63, 3.8) is 0 Å². The van der Waals surface area contributed by atoms with E-state index in [9.17, 15) is 4.79 Å². The number of anilines is 2. The van der Waals surface area contributed by atoms with Crippen molar-refractivity contribution in [1.82, 2.24) is 15.5 Å². The minimum atomic E-state index is -0.0291. The van der Waals surface area contributed by atoms with Gasteiger partial charge in [0.2, 0.25) is 5.91 Å². The Hall–Kier alpha value is -2.67. The van der Waals surface area contributed by atoms with Crippen LogP contribution in [0.15, 0.2) is 36.4 Å². The molecule has 1 aromatic carbocycles. The molecule has 2 fully saturated rings. The molecule has 1 aromatic heterocycles. The standard InChI is InChI=1S/C19H23N5O2/c1-13-2-7-18(23-22-13)24-11-14(12-24)19(25)21-15-3-5-16(6-4-15)26-17-8-9-20-10-17/h2-7,14,17,20H,8-12H2,1H3,(H,21,25)/t17-/m1/s1. The van der Waals surface area contributed by atoms with Crippen molar-refractivity contribution in [3.05, 3.63) is 42.1 Å². The lowest BCUT2D eigenvalue weighted by molar-refractivity contribution is -0.120. The summed E-state index contributed by atoms with van der Waals surface area (Å²) in [5, 5.41) is 14.5. The number of aryl methyl sites for hydroxylation is 1. The second kappa shape index (κ2) is 7.29. The first-order chi connectivity index (χ1) is 12.7. The van der Waals surface area contributed by atoms with Crippen LogP contribution in [0.3, 0.4) is 0 Å². The fraction of sp³-hybridized carbons (Fsp3) is 0.421. The van der Waals surface area contributed by atoms with Gasteiger partial charge < -0.3 is 20.3 Å². The molecule has 7 heteroatoms. The van der Waals surface area contributed by atoms with E-state index in [-0.39, 0.29) is 17.9 Å². The molecule has 2 aromatic rings. The zero-order valence-electron chi connectivity index (χ0n) is 14.8. The lowest BCUT2D eigenvalue weighted by Crippen LogP contribution is -2.52. The first-order valence-electron chi connectivity index (χ1n) is 9.01. The van der Waals surface area contributed by atoms with Crippen molar-refractivity contribution >= 4 is 17.4 Å². The molecule has 3 heterocycles. The quantitative estimate of drug-likeness (QED) is 0.850. The van der Waals surface area contributed by atoms with E-state index in [0.29, 0.717) is 13.1 Å². The van der Waals surface area contributed by atoms with E-state index in [1.165, 1.54) is 0 Å². The second-order valence-electron chi connectivity index (χ2n) is 6.88. The fourth-order valence-electron chi connectivity index (χ4n) is 3.17. The summed E-state index contributed by atoms with van der Waals surface area (Å²) in [6.45, 7) is 5.14. The van der Waals surface area contributed by atoms with Gasteiger partial charge in [0.05, 0.1) is 11.6 Å². The lowest BCUT2D eigenvalue weighted by atomic mass is 9.99. The molecular weight excluding hydrogens is 330 g/mol. The first-order valence-corrected chi connectivity index (χ1v) is 9.01. The Morgan fingerprint density at radius 2 is 2.00 bits per heavy atom. The maximum Gasteiger partial charge on any atom is 0.231 e. The maximum atomic E-state index is 12.4. The molecule has 7 nitrogen and oxygen atoms in total. The summed E-state index contributed by atoms with van der Waals surface area (Å²) < 4.78 is 5.89. The van der Waals surface area contributed by atoms with Gasteiger partial charge in [-0.3, -0.25) is 4.79 Å².